The molecule has 0 aliphatic heterocycles. The van der Waals surface area contributed by atoms with Gasteiger partial charge in [0.15, 0.2) is 5.72 Å². The fraction of sp³-hybridized carbons (Fsp3) is 0.889. The van der Waals surface area contributed by atoms with E-state index in [-0.39, 0.29) is 18.4 Å². The number of ether oxygens (including phenoxy) is 1. The first-order valence-corrected chi connectivity index (χ1v) is 4.67. The Morgan fingerprint density at radius 1 is 1.46 bits per heavy atom. The monoisotopic (exact) mass is 207 g/mol. The van der Waals surface area contributed by atoms with Crippen molar-refractivity contribution in [3.63, 3.8) is 0 Å². The molecule has 0 amide bonds. The second-order valence-electron chi connectivity index (χ2n) is 3.50. The van der Waals surface area contributed by atoms with Crippen LogP contribution in [0.2, 0.25) is 0 Å². The van der Waals surface area contributed by atoms with Crippen LogP contribution in [0.15, 0.2) is 0 Å². The number of unbranched alkanes of at least 4 members (excludes halogenated alkanes) is 2. The Balaban J connectivity index is 0.00000144. The Bertz CT molecular complexity index is 169. The number of esters is 1. The summed E-state index contributed by atoms with van der Waals surface area (Å²) in [5.74, 6) is -0.136. The van der Waals surface area contributed by atoms with Crippen molar-refractivity contribution < 1.29 is 9.53 Å². The maximum atomic E-state index is 11.1. The lowest BCUT2D eigenvalue weighted by Crippen LogP contribution is -2.28. The van der Waals surface area contributed by atoms with Gasteiger partial charge >= 0.3 is 5.97 Å². The summed E-state index contributed by atoms with van der Waals surface area (Å²) >= 11 is 0. The van der Waals surface area contributed by atoms with E-state index in [1.807, 2.05) is 0 Å². The zero-order valence-electron chi connectivity index (χ0n) is 8.04. The van der Waals surface area contributed by atoms with E-state index >= 15 is 0 Å². The van der Waals surface area contributed by atoms with E-state index in [0.717, 1.165) is 32.1 Å². The lowest BCUT2D eigenvalue weighted by molar-refractivity contribution is -0.150. The van der Waals surface area contributed by atoms with Crippen molar-refractivity contribution in [2.24, 2.45) is 5.73 Å². The van der Waals surface area contributed by atoms with E-state index in [9.17, 15) is 4.79 Å². The fourth-order valence-corrected chi connectivity index (χ4v) is 1.02. The van der Waals surface area contributed by atoms with E-state index in [4.69, 9.17) is 10.5 Å². The van der Waals surface area contributed by atoms with Gasteiger partial charge in [-0.15, -0.1) is 12.4 Å². The van der Waals surface area contributed by atoms with Gasteiger partial charge in [-0.3, -0.25) is 10.5 Å². The predicted octanol–water partition coefficient (Wildman–Crippen LogP) is 1.98. The van der Waals surface area contributed by atoms with Gasteiger partial charge in [-0.05, 0) is 6.42 Å². The van der Waals surface area contributed by atoms with Crippen LogP contribution in [0.25, 0.3) is 0 Å². The van der Waals surface area contributed by atoms with Crippen LogP contribution in [-0.2, 0) is 9.53 Å². The minimum absolute atomic E-state index is 0. The van der Waals surface area contributed by atoms with Crippen molar-refractivity contribution >= 4 is 18.4 Å². The van der Waals surface area contributed by atoms with Crippen molar-refractivity contribution in [2.75, 3.05) is 0 Å². The fourth-order valence-electron chi connectivity index (χ4n) is 1.02. The first kappa shape index (κ1) is 12.7. The summed E-state index contributed by atoms with van der Waals surface area (Å²) in [4.78, 5) is 11.1. The van der Waals surface area contributed by atoms with Gasteiger partial charge in [-0.1, -0.05) is 19.8 Å². The number of hydrogen-bond donors (Lipinski definition) is 1. The highest BCUT2D eigenvalue weighted by molar-refractivity contribution is 5.85. The Hall–Kier alpha value is -0.280. The van der Waals surface area contributed by atoms with Gasteiger partial charge in [0.2, 0.25) is 0 Å². The van der Waals surface area contributed by atoms with E-state index < -0.39 is 5.72 Å². The third-order valence-electron chi connectivity index (χ3n) is 2.04. The molecule has 0 aromatic carbocycles. The van der Waals surface area contributed by atoms with Gasteiger partial charge in [0.1, 0.15) is 0 Å². The predicted molar refractivity (Wildman–Crippen MR) is 53.6 cm³/mol. The summed E-state index contributed by atoms with van der Waals surface area (Å²) in [7, 11) is 0. The van der Waals surface area contributed by atoms with Crippen LogP contribution >= 0.6 is 12.4 Å². The molecule has 1 rings (SSSR count). The van der Waals surface area contributed by atoms with Crippen LogP contribution < -0.4 is 5.73 Å². The van der Waals surface area contributed by atoms with E-state index in [0.29, 0.717) is 6.42 Å². The normalized spacial score (nSPS) is 17.4. The molecule has 0 atom stereocenters. The third-order valence-corrected chi connectivity index (χ3v) is 2.04. The number of hydrogen-bond acceptors (Lipinski definition) is 3. The highest BCUT2D eigenvalue weighted by atomic mass is 35.5. The largest absolute Gasteiger partial charge is 0.444 e. The van der Waals surface area contributed by atoms with Crippen LogP contribution in [0.3, 0.4) is 0 Å². The Morgan fingerprint density at radius 3 is 2.54 bits per heavy atom. The van der Waals surface area contributed by atoms with Crippen molar-refractivity contribution in [2.45, 2.75) is 51.2 Å². The summed E-state index contributed by atoms with van der Waals surface area (Å²) in [5, 5.41) is 0. The molecule has 1 fully saturated rings. The third kappa shape index (κ3) is 5.11. The maximum Gasteiger partial charge on any atom is 0.307 e. The molecule has 4 heteroatoms. The van der Waals surface area contributed by atoms with Crippen molar-refractivity contribution in [3.8, 4) is 0 Å². The molecule has 0 radical (unpaired) electrons. The molecule has 3 nitrogen and oxygen atoms in total. The van der Waals surface area contributed by atoms with Crippen LogP contribution in [0, 0.1) is 0 Å². The quantitative estimate of drug-likeness (QED) is 0.426. The second-order valence-corrected chi connectivity index (χ2v) is 3.50. The molecule has 78 valence electrons. The lowest BCUT2D eigenvalue weighted by Gasteiger charge is -2.09. The zero-order chi connectivity index (χ0) is 9.03. The van der Waals surface area contributed by atoms with Crippen LogP contribution in [0.4, 0.5) is 0 Å². The maximum absolute atomic E-state index is 11.1. The summed E-state index contributed by atoms with van der Waals surface area (Å²) in [5.41, 5.74) is 5.03. The zero-order valence-corrected chi connectivity index (χ0v) is 8.86. The van der Waals surface area contributed by atoms with Crippen LogP contribution in [-0.4, -0.2) is 11.7 Å². The Labute approximate surface area is 85.4 Å². The van der Waals surface area contributed by atoms with Crippen LogP contribution in [0.1, 0.15) is 45.4 Å². The molecule has 1 aliphatic rings. The smallest absolute Gasteiger partial charge is 0.307 e. The topological polar surface area (TPSA) is 52.3 Å². The van der Waals surface area contributed by atoms with Crippen LogP contribution in [0.5, 0.6) is 0 Å². The minimum atomic E-state index is -0.580. The molecular weight excluding hydrogens is 190 g/mol. The molecule has 13 heavy (non-hydrogen) atoms. The molecular formula is C9H18ClNO2. The van der Waals surface area contributed by atoms with E-state index in [2.05, 4.69) is 6.92 Å². The van der Waals surface area contributed by atoms with Gasteiger partial charge in [0, 0.05) is 19.3 Å². The first-order chi connectivity index (χ1) is 5.66. The van der Waals surface area contributed by atoms with Crippen molar-refractivity contribution in [3.05, 3.63) is 0 Å². The summed E-state index contributed by atoms with van der Waals surface area (Å²) in [6, 6.07) is 0. The molecule has 0 aromatic heterocycles. The molecule has 0 saturated heterocycles. The van der Waals surface area contributed by atoms with E-state index in [1.54, 1.807) is 0 Å². The van der Waals surface area contributed by atoms with Gasteiger partial charge in [0.25, 0.3) is 0 Å². The van der Waals surface area contributed by atoms with E-state index in [1.165, 1.54) is 0 Å². The van der Waals surface area contributed by atoms with Gasteiger partial charge in [0.05, 0.1) is 0 Å². The number of carbonyl (C=O) groups is 1. The van der Waals surface area contributed by atoms with Crippen molar-refractivity contribution in [1.82, 2.24) is 0 Å². The Kier molecular flexibility index (Phi) is 5.33. The number of rotatable bonds is 5. The molecule has 0 unspecified atom stereocenters. The lowest BCUT2D eigenvalue weighted by atomic mass is 10.2. The average molecular weight is 208 g/mol. The molecule has 0 bridgehead atoms. The standard InChI is InChI=1S/C9H17NO2.ClH/c1-2-3-4-5-8(11)12-9(10)6-7-9;/h2-7,10H2,1H3;1H. The molecule has 0 aromatic rings. The van der Waals surface area contributed by atoms with Gasteiger partial charge in [-0.25, -0.2) is 0 Å². The summed E-state index contributed by atoms with van der Waals surface area (Å²) in [6.07, 6.45) is 5.31. The molecule has 1 aliphatic carbocycles. The molecule has 1 saturated carbocycles. The number of nitrogens with two attached hydrogens (primary N) is 1. The summed E-state index contributed by atoms with van der Waals surface area (Å²) < 4.78 is 5.03. The average Bonchev–Trinajstić information content (AvgIpc) is 2.68. The first-order valence-electron chi connectivity index (χ1n) is 4.67. The minimum Gasteiger partial charge on any atom is -0.444 e. The molecule has 0 heterocycles. The van der Waals surface area contributed by atoms with Crippen molar-refractivity contribution in [1.29, 1.82) is 0 Å². The molecule has 2 N–H and O–H groups in total. The summed E-state index contributed by atoms with van der Waals surface area (Å²) in [6.45, 7) is 2.11. The van der Waals surface area contributed by atoms with Gasteiger partial charge in [-0.2, -0.15) is 0 Å². The number of carbonyl (C=O) groups excluding carboxylic acids is 1. The Morgan fingerprint density at radius 2 is 2.08 bits per heavy atom. The number of halogens is 1. The molecule has 0 spiro atoms. The SMILES string of the molecule is CCCCCC(=O)OC1(N)CC1.Cl. The second kappa shape index (κ2) is 5.45. The highest BCUT2D eigenvalue weighted by Crippen LogP contribution is 2.33. The highest BCUT2D eigenvalue weighted by Gasteiger charge is 2.42. The van der Waals surface area contributed by atoms with Gasteiger partial charge < -0.3 is 4.74 Å².